The number of benzene rings is 1. The zero-order valence-corrected chi connectivity index (χ0v) is 14.8. The van der Waals surface area contributed by atoms with Crippen LogP contribution in [0.4, 0.5) is 0 Å². The summed E-state index contributed by atoms with van der Waals surface area (Å²) in [5.74, 6) is 1.48. The summed E-state index contributed by atoms with van der Waals surface area (Å²) in [5, 5.41) is 0. The molecule has 2 atom stereocenters. The summed E-state index contributed by atoms with van der Waals surface area (Å²) in [5.41, 5.74) is 2.98. The van der Waals surface area contributed by atoms with Gasteiger partial charge in [-0.15, -0.1) is 0 Å². The minimum Gasteiger partial charge on any atom is -0.381 e. The van der Waals surface area contributed by atoms with E-state index in [1.54, 1.807) is 0 Å². The fourth-order valence-corrected chi connectivity index (χ4v) is 4.08. The van der Waals surface area contributed by atoms with Gasteiger partial charge < -0.3 is 9.47 Å². The summed E-state index contributed by atoms with van der Waals surface area (Å²) in [6, 6.07) is 9.39. The molecule has 1 heterocycles. The van der Waals surface area contributed by atoms with Gasteiger partial charge in [0.2, 0.25) is 0 Å². The average molecular weight is 316 g/mol. The molecule has 0 radical (unpaired) electrons. The lowest BCUT2D eigenvalue weighted by Gasteiger charge is -2.28. The van der Waals surface area contributed by atoms with Gasteiger partial charge in [-0.3, -0.25) is 0 Å². The van der Waals surface area contributed by atoms with Crippen LogP contribution in [-0.2, 0) is 15.9 Å². The molecule has 23 heavy (non-hydrogen) atoms. The van der Waals surface area contributed by atoms with Crippen LogP contribution in [0.3, 0.4) is 0 Å². The average Bonchev–Trinajstić information content (AvgIpc) is 2.62. The first kappa shape index (κ1) is 17.0. The molecule has 1 aromatic rings. The van der Waals surface area contributed by atoms with Crippen LogP contribution in [0.2, 0.25) is 0 Å². The van der Waals surface area contributed by atoms with Gasteiger partial charge in [0.1, 0.15) is 0 Å². The predicted octanol–water partition coefficient (Wildman–Crippen LogP) is 5.11. The fraction of sp³-hybridized carbons (Fsp3) is 0.714. The third-order valence-electron chi connectivity index (χ3n) is 5.81. The second kappa shape index (κ2) is 8.30. The molecule has 2 nitrogen and oxygen atoms in total. The van der Waals surface area contributed by atoms with Crippen LogP contribution in [0, 0.1) is 5.92 Å². The molecule has 1 saturated heterocycles. The standard InChI is InChI=1S/C21H32O2/c1-16-3-11-21(23-15-16)12-6-17-4-7-18(8-5-17)19-9-13-20(22-2)14-10-19/h4-5,7-8,16,19-21H,3,6,9-15H2,1-2H3. The molecule has 128 valence electrons. The van der Waals surface area contributed by atoms with Crippen molar-refractivity contribution < 1.29 is 9.47 Å². The molecule has 0 spiro atoms. The van der Waals surface area contributed by atoms with E-state index in [1.165, 1.54) is 56.1 Å². The molecule has 1 aliphatic carbocycles. The van der Waals surface area contributed by atoms with E-state index in [1.807, 2.05) is 7.11 Å². The van der Waals surface area contributed by atoms with Crippen molar-refractivity contribution in [2.45, 2.75) is 76.4 Å². The Hall–Kier alpha value is -0.860. The number of hydrogen-bond acceptors (Lipinski definition) is 2. The highest BCUT2D eigenvalue weighted by molar-refractivity contribution is 5.26. The summed E-state index contributed by atoms with van der Waals surface area (Å²) in [6.45, 7) is 3.24. The van der Waals surface area contributed by atoms with E-state index in [9.17, 15) is 0 Å². The Kier molecular flexibility index (Phi) is 6.13. The number of ether oxygens (including phenoxy) is 2. The first-order valence-corrected chi connectivity index (χ1v) is 9.48. The van der Waals surface area contributed by atoms with Gasteiger partial charge in [0.25, 0.3) is 0 Å². The third kappa shape index (κ3) is 4.81. The van der Waals surface area contributed by atoms with E-state index < -0.39 is 0 Å². The normalized spacial score (nSPS) is 31.9. The van der Waals surface area contributed by atoms with Crippen LogP contribution in [0.15, 0.2) is 24.3 Å². The Morgan fingerprint density at radius 2 is 1.74 bits per heavy atom. The molecule has 0 N–H and O–H groups in total. The maximum atomic E-state index is 5.94. The van der Waals surface area contributed by atoms with Crippen LogP contribution in [0.1, 0.15) is 68.9 Å². The Balaban J connectivity index is 1.46. The summed E-state index contributed by atoms with van der Waals surface area (Å²) < 4.78 is 11.4. The number of rotatable bonds is 5. The van der Waals surface area contributed by atoms with E-state index >= 15 is 0 Å². The molecular weight excluding hydrogens is 284 g/mol. The largest absolute Gasteiger partial charge is 0.381 e. The van der Waals surface area contributed by atoms with Gasteiger partial charge in [-0.05, 0) is 74.3 Å². The zero-order valence-electron chi connectivity index (χ0n) is 14.8. The maximum absolute atomic E-state index is 5.94. The van der Waals surface area contributed by atoms with Crippen molar-refractivity contribution in [2.75, 3.05) is 13.7 Å². The van der Waals surface area contributed by atoms with Crippen LogP contribution in [0.5, 0.6) is 0 Å². The zero-order chi connectivity index (χ0) is 16.1. The summed E-state index contributed by atoms with van der Waals surface area (Å²) in [4.78, 5) is 0. The van der Waals surface area contributed by atoms with Crippen LogP contribution >= 0.6 is 0 Å². The van der Waals surface area contributed by atoms with Gasteiger partial charge >= 0.3 is 0 Å². The Morgan fingerprint density at radius 3 is 2.35 bits per heavy atom. The van der Waals surface area contributed by atoms with Crippen LogP contribution in [0.25, 0.3) is 0 Å². The lowest BCUT2D eigenvalue weighted by Crippen LogP contribution is -2.24. The molecular formula is C21H32O2. The third-order valence-corrected chi connectivity index (χ3v) is 5.81. The molecule has 1 aromatic carbocycles. The minimum atomic E-state index is 0.482. The number of hydrogen-bond donors (Lipinski definition) is 0. The van der Waals surface area contributed by atoms with Gasteiger partial charge in [0.05, 0.1) is 12.2 Å². The Labute approximate surface area is 141 Å². The van der Waals surface area contributed by atoms with E-state index in [0.717, 1.165) is 24.9 Å². The molecule has 1 aliphatic heterocycles. The molecule has 2 aliphatic rings. The highest BCUT2D eigenvalue weighted by atomic mass is 16.5. The molecule has 0 amide bonds. The molecule has 2 fully saturated rings. The van der Waals surface area contributed by atoms with Crippen LogP contribution in [-0.4, -0.2) is 25.9 Å². The van der Waals surface area contributed by atoms with E-state index in [-0.39, 0.29) is 0 Å². The quantitative estimate of drug-likeness (QED) is 0.752. The lowest BCUT2D eigenvalue weighted by molar-refractivity contribution is -0.0147. The predicted molar refractivity (Wildman–Crippen MR) is 94.9 cm³/mol. The van der Waals surface area contributed by atoms with E-state index in [2.05, 4.69) is 31.2 Å². The van der Waals surface area contributed by atoms with Crippen molar-refractivity contribution >= 4 is 0 Å². The highest BCUT2D eigenvalue weighted by Gasteiger charge is 2.22. The van der Waals surface area contributed by atoms with Gasteiger partial charge in [-0.1, -0.05) is 31.2 Å². The van der Waals surface area contributed by atoms with Gasteiger partial charge in [-0.2, -0.15) is 0 Å². The van der Waals surface area contributed by atoms with Gasteiger partial charge in [0.15, 0.2) is 0 Å². The number of aryl methyl sites for hydroxylation is 1. The van der Waals surface area contributed by atoms with Crippen molar-refractivity contribution in [1.29, 1.82) is 0 Å². The minimum absolute atomic E-state index is 0.482. The maximum Gasteiger partial charge on any atom is 0.0578 e. The monoisotopic (exact) mass is 316 g/mol. The van der Waals surface area contributed by atoms with E-state index in [0.29, 0.717) is 12.2 Å². The van der Waals surface area contributed by atoms with Crippen molar-refractivity contribution in [1.82, 2.24) is 0 Å². The SMILES string of the molecule is COC1CCC(c2ccc(CCC3CCC(C)CO3)cc2)CC1. The smallest absolute Gasteiger partial charge is 0.0578 e. The van der Waals surface area contributed by atoms with Crippen molar-refractivity contribution in [3.05, 3.63) is 35.4 Å². The van der Waals surface area contributed by atoms with E-state index in [4.69, 9.17) is 9.47 Å². The topological polar surface area (TPSA) is 18.5 Å². The highest BCUT2D eigenvalue weighted by Crippen LogP contribution is 2.34. The molecule has 1 saturated carbocycles. The van der Waals surface area contributed by atoms with Gasteiger partial charge in [0, 0.05) is 13.7 Å². The molecule has 2 unspecified atom stereocenters. The summed E-state index contributed by atoms with van der Waals surface area (Å²) in [6.07, 6.45) is 10.8. The summed E-state index contributed by atoms with van der Waals surface area (Å²) >= 11 is 0. The summed E-state index contributed by atoms with van der Waals surface area (Å²) in [7, 11) is 1.84. The molecule has 0 bridgehead atoms. The fourth-order valence-electron chi connectivity index (χ4n) is 4.08. The van der Waals surface area contributed by atoms with Crippen molar-refractivity contribution in [3.63, 3.8) is 0 Å². The first-order valence-electron chi connectivity index (χ1n) is 9.48. The molecule has 2 heteroatoms. The lowest BCUT2D eigenvalue weighted by atomic mass is 9.82. The van der Waals surface area contributed by atoms with Crippen LogP contribution < -0.4 is 0 Å². The van der Waals surface area contributed by atoms with Crippen molar-refractivity contribution in [2.24, 2.45) is 5.92 Å². The molecule has 3 rings (SSSR count). The second-order valence-corrected chi connectivity index (χ2v) is 7.63. The Morgan fingerprint density at radius 1 is 1.00 bits per heavy atom. The van der Waals surface area contributed by atoms with Crippen molar-refractivity contribution in [3.8, 4) is 0 Å². The van der Waals surface area contributed by atoms with Gasteiger partial charge in [-0.25, -0.2) is 0 Å². The first-order chi connectivity index (χ1) is 11.2. The number of methoxy groups -OCH3 is 1. The molecule has 0 aromatic heterocycles. The second-order valence-electron chi connectivity index (χ2n) is 7.63. The Bertz CT molecular complexity index is 451.